The molecule has 0 N–H and O–H groups in total. The standard InChI is InChI=1S/C28H26ClN3O5S/c1-6-31-19-10-8-7-9-17(19)22(25(31)33)24-26(34)32-23(18-13-16(29)11-12-20(18)36-5)21(27(35)37-14(2)3)15(4)30-28(32)38-24/h7-14,23H,6H2,1-5H3/b24-22-/t23-/m1/s1. The van der Waals surface area contributed by atoms with E-state index in [-0.39, 0.29) is 22.1 Å². The Morgan fingerprint density at radius 2 is 1.92 bits per heavy atom. The first-order valence-corrected chi connectivity index (χ1v) is 13.4. The van der Waals surface area contributed by atoms with Crippen LogP contribution in [0.4, 0.5) is 5.69 Å². The van der Waals surface area contributed by atoms with Gasteiger partial charge in [-0.1, -0.05) is 41.1 Å². The summed E-state index contributed by atoms with van der Waals surface area (Å²) in [5, 5.41) is 0.412. The van der Waals surface area contributed by atoms with Crippen LogP contribution in [-0.2, 0) is 14.3 Å². The molecule has 2 aliphatic heterocycles. The molecule has 196 valence electrons. The van der Waals surface area contributed by atoms with E-state index in [0.29, 0.717) is 44.5 Å². The highest BCUT2D eigenvalue weighted by molar-refractivity contribution is 7.07. The molecule has 38 heavy (non-hydrogen) atoms. The third-order valence-electron chi connectivity index (χ3n) is 6.51. The molecule has 3 heterocycles. The maximum absolute atomic E-state index is 14.2. The van der Waals surface area contributed by atoms with E-state index in [0.717, 1.165) is 17.0 Å². The second-order valence-corrected chi connectivity index (χ2v) is 10.6. The van der Waals surface area contributed by atoms with Crippen LogP contribution in [0.5, 0.6) is 5.75 Å². The van der Waals surface area contributed by atoms with Crippen molar-refractivity contribution in [2.45, 2.75) is 39.8 Å². The summed E-state index contributed by atoms with van der Waals surface area (Å²) >= 11 is 7.50. The molecule has 8 nitrogen and oxygen atoms in total. The number of hydrogen-bond donors (Lipinski definition) is 0. The number of amides is 1. The Labute approximate surface area is 228 Å². The van der Waals surface area contributed by atoms with Gasteiger partial charge in [-0.15, -0.1) is 0 Å². The van der Waals surface area contributed by atoms with E-state index < -0.39 is 17.6 Å². The molecule has 1 atom stereocenters. The number of thiazole rings is 1. The predicted octanol–water partition coefficient (Wildman–Crippen LogP) is 3.59. The highest BCUT2D eigenvalue weighted by Gasteiger charge is 2.38. The van der Waals surface area contributed by atoms with Gasteiger partial charge in [0.2, 0.25) is 0 Å². The Hall–Kier alpha value is -3.69. The monoisotopic (exact) mass is 551 g/mol. The molecule has 1 aromatic heterocycles. The average Bonchev–Trinajstić information content (AvgIpc) is 3.34. The number of ether oxygens (including phenoxy) is 2. The fraction of sp³-hybridized carbons (Fsp3) is 0.286. The molecule has 0 radical (unpaired) electrons. The molecule has 0 saturated carbocycles. The molecule has 1 amide bonds. The minimum absolute atomic E-state index is 0.205. The lowest BCUT2D eigenvalue weighted by molar-refractivity contribution is -0.143. The molecular weight excluding hydrogens is 526 g/mol. The molecule has 10 heteroatoms. The second kappa shape index (κ2) is 9.89. The fourth-order valence-corrected chi connectivity index (χ4v) is 6.25. The number of carbonyl (C=O) groups excluding carboxylic acids is 2. The van der Waals surface area contributed by atoms with Gasteiger partial charge >= 0.3 is 5.97 Å². The quantitative estimate of drug-likeness (QED) is 0.452. The van der Waals surface area contributed by atoms with E-state index >= 15 is 0 Å². The molecule has 5 rings (SSSR count). The van der Waals surface area contributed by atoms with Crippen molar-refractivity contribution in [3.8, 4) is 5.75 Å². The number of carbonyl (C=O) groups is 2. The second-order valence-electron chi connectivity index (χ2n) is 9.18. The molecule has 0 fully saturated rings. The van der Waals surface area contributed by atoms with E-state index in [1.807, 2.05) is 31.2 Å². The summed E-state index contributed by atoms with van der Waals surface area (Å²) in [6.45, 7) is 7.56. The zero-order chi connectivity index (χ0) is 27.3. The molecular formula is C28H26ClN3O5S. The summed E-state index contributed by atoms with van der Waals surface area (Å²) < 4.78 is 12.9. The molecule has 2 aromatic carbocycles. The number of hydrogen-bond acceptors (Lipinski definition) is 7. The Balaban J connectivity index is 1.85. The van der Waals surface area contributed by atoms with E-state index in [1.165, 1.54) is 11.7 Å². The zero-order valence-electron chi connectivity index (χ0n) is 21.6. The molecule has 3 aromatic rings. The molecule has 0 saturated heterocycles. The maximum atomic E-state index is 14.2. The number of likely N-dealkylation sites (N-methyl/N-ethyl adjacent to an activating group) is 1. The number of benzene rings is 2. The van der Waals surface area contributed by atoms with Crippen molar-refractivity contribution in [1.29, 1.82) is 0 Å². The third kappa shape index (κ3) is 4.06. The zero-order valence-corrected chi connectivity index (χ0v) is 23.1. The number of halogens is 1. The largest absolute Gasteiger partial charge is 0.496 e. The van der Waals surface area contributed by atoms with Crippen molar-refractivity contribution in [2.24, 2.45) is 4.99 Å². The topological polar surface area (TPSA) is 90.2 Å². The Bertz CT molecular complexity index is 1700. The molecule has 0 bridgehead atoms. The number of para-hydroxylation sites is 1. The summed E-state index contributed by atoms with van der Waals surface area (Å²) in [7, 11) is 1.51. The first-order chi connectivity index (χ1) is 18.2. The Morgan fingerprint density at radius 1 is 1.18 bits per heavy atom. The van der Waals surface area contributed by atoms with Gasteiger partial charge in [-0.2, -0.15) is 0 Å². The predicted molar refractivity (Wildman–Crippen MR) is 146 cm³/mol. The van der Waals surface area contributed by atoms with Crippen LogP contribution in [0, 0.1) is 0 Å². The van der Waals surface area contributed by atoms with Crippen LogP contribution < -0.4 is 24.5 Å². The first-order valence-electron chi connectivity index (χ1n) is 12.2. The van der Waals surface area contributed by atoms with Crippen molar-refractivity contribution in [2.75, 3.05) is 18.6 Å². The van der Waals surface area contributed by atoms with Gasteiger partial charge in [0.1, 0.15) is 16.3 Å². The highest BCUT2D eigenvalue weighted by atomic mass is 35.5. The molecule has 0 spiro atoms. The fourth-order valence-electron chi connectivity index (χ4n) is 4.94. The van der Waals surface area contributed by atoms with Gasteiger partial charge in [-0.25, -0.2) is 9.79 Å². The van der Waals surface area contributed by atoms with E-state index in [4.69, 9.17) is 21.1 Å². The van der Waals surface area contributed by atoms with E-state index in [9.17, 15) is 14.4 Å². The van der Waals surface area contributed by atoms with Gasteiger partial charge in [-0.05, 0) is 52.0 Å². The summed E-state index contributed by atoms with van der Waals surface area (Å²) in [5.41, 5.74) is 2.47. The van der Waals surface area contributed by atoms with Crippen molar-refractivity contribution in [3.63, 3.8) is 0 Å². The summed E-state index contributed by atoms with van der Waals surface area (Å²) in [6, 6.07) is 11.5. The number of methoxy groups -OCH3 is 1. The minimum atomic E-state index is -0.922. The molecule has 0 aliphatic carbocycles. The summed E-state index contributed by atoms with van der Waals surface area (Å²) in [5.74, 6) is -0.390. The van der Waals surface area contributed by atoms with Gasteiger partial charge in [0.05, 0.1) is 35.7 Å². The Kier molecular flexibility index (Phi) is 6.75. The number of nitrogens with zero attached hydrogens (tertiary/aromatic N) is 3. The van der Waals surface area contributed by atoms with Gasteiger partial charge in [-0.3, -0.25) is 14.2 Å². The summed E-state index contributed by atoms with van der Waals surface area (Å²) in [4.78, 5) is 47.7. The SMILES string of the molecule is CCN1C(=O)/C(=c2\sc3n(c2=O)[C@H](c2cc(Cl)ccc2OC)C(C(=O)OC(C)C)=C(C)N=3)c2ccccc21. The lowest BCUT2D eigenvalue weighted by Crippen LogP contribution is -2.41. The van der Waals surface area contributed by atoms with Crippen LogP contribution in [0.15, 0.2) is 63.5 Å². The third-order valence-corrected chi connectivity index (χ3v) is 7.80. The first kappa shape index (κ1) is 25.9. The lowest BCUT2D eigenvalue weighted by Gasteiger charge is -2.26. The van der Waals surface area contributed by atoms with Gasteiger partial charge in [0, 0.05) is 22.7 Å². The van der Waals surface area contributed by atoms with Crippen molar-refractivity contribution < 1.29 is 19.1 Å². The van der Waals surface area contributed by atoms with Crippen molar-refractivity contribution in [3.05, 3.63) is 89.6 Å². The van der Waals surface area contributed by atoms with E-state index in [1.54, 1.807) is 43.9 Å². The van der Waals surface area contributed by atoms with Crippen LogP contribution in [0.25, 0.3) is 5.57 Å². The van der Waals surface area contributed by atoms with Crippen LogP contribution in [0.1, 0.15) is 44.9 Å². The van der Waals surface area contributed by atoms with Crippen molar-refractivity contribution in [1.82, 2.24) is 4.57 Å². The maximum Gasteiger partial charge on any atom is 0.338 e. The number of allylic oxidation sites excluding steroid dienone is 1. The van der Waals surface area contributed by atoms with Gasteiger partial charge in [0.15, 0.2) is 4.80 Å². The van der Waals surface area contributed by atoms with Crippen LogP contribution in [0.2, 0.25) is 5.02 Å². The molecule has 2 aliphatic rings. The minimum Gasteiger partial charge on any atom is -0.496 e. The highest BCUT2D eigenvalue weighted by Crippen LogP contribution is 2.38. The Morgan fingerprint density at radius 3 is 2.61 bits per heavy atom. The average molecular weight is 552 g/mol. The normalized spacial score (nSPS) is 17.9. The number of rotatable bonds is 5. The van der Waals surface area contributed by atoms with Gasteiger partial charge in [0.25, 0.3) is 11.5 Å². The number of aromatic nitrogens is 1. The van der Waals surface area contributed by atoms with Crippen LogP contribution in [-0.4, -0.2) is 36.2 Å². The van der Waals surface area contributed by atoms with Crippen LogP contribution in [0.3, 0.4) is 0 Å². The van der Waals surface area contributed by atoms with Gasteiger partial charge < -0.3 is 14.4 Å². The summed E-state index contributed by atoms with van der Waals surface area (Å²) in [6.07, 6.45) is -0.385. The van der Waals surface area contributed by atoms with Crippen molar-refractivity contribution >= 4 is 46.1 Å². The number of anilines is 1. The number of esters is 1. The smallest absolute Gasteiger partial charge is 0.338 e. The molecule has 0 unspecified atom stereocenters. The lowest BCUT2D eigenvalue weighted by atomic mass is 9.95. The van der Waals surface area contributed by atoms with Crippen LogP contribution >= 0.6 is 22.9 Å². The van der Waals surface area contributed by atoms with E-state index in [2.05, 4.69) is 4.99 Å². The number of fused-ring (bicyclic) bond motifs is 2.